The normalized spacial score (nSPS) is 17.0. The summed E-state index contributed by atoms with van der Waals surface area (Å²) in [6.45, 7) is 1.70. The van der Waals surface area contributed by atoms with E-state index in [0.717, 1.165) is 41.5 Å². The Morgan fingerprint density at radius 1 is 1.06 bits per heavy atom. The van der Waals surface area contributed by atoms with Gasteiger partial charge in [0.1, 0.15) is 11.3 Å². The maximum atomic E-state index is 13.1. The summed E-state index contributed by atoms with van der Waals surface area (Å²) in [5, 5.41) is 0.890. The Morgan fingerprint density at radius 3 is 2.66 bits per heavy atom. The lowest BCUT2D eigenvalue weighted by atomic mass is 10.1. The van der Waals surface area contributed by atoms with E-state index >= 15 is 0 Å². The third kappa shape index (κ3) is 3.67. The van der Waals surface area contributed by atoms with Crippen molar-refractivity contribution in [2.45, 2.75) is 37.0 Å². The van der Waals surface area contributed by atoms with Gasteiger partial charge in [-0.05, 0) is 55.2 Å². The monoisotopic (exact) mass is 454 g/mol. The highest BCUT2D eigenvalue weighted by atomic mass is 32.2. The predicted molar refractivity (Wildman–Crippen MR) is 122 cm³/mol. The SMILES string of the molecule is COc1ccc2c(CC(=O)N3CCc4cc(S(=O)(=O)N5CCCCC5)ccc43)coc2c1. The number of benzene rings is 2. The van der Waals surface area contributed by atoms with Gasteiger partial charge in [-0.25, -0.2) is 8.42 Å². The van der Waals surface area contributed by atoms with E-state index in [1.807, 2.05) is 12.1 Å². The van der Waals surface area contributed by atoms with Crippen molar-refractivity contribution < 1.29 is 22.4 Å². The highest BCUT2D eigenvalue weighted by Gasteiger charge is 2.30. The van der Waals surface area contributed by atoms with E-state index in [4.69, 9.17) is 9.15 Å². The Hall–Kier alpha value is -2.84. The van der Waals surface area contributed by atoms with Crippen LogP contribution in [0.5, 0.6) is 5.75 Å². The number of amides is 1. The maximum Gasteiger partial charge on any atom is 0.243 e. The standard InChI is InChI=1S/C24H26N2O5S/c1-30-19-5-7-21-18(16-31-23(21)15-19)14-24(27)26-12-9-17-13-20(6-8-22(17)26)32(28,29)25-10-3-2-4-11-25/h5-8,13,15-16H,2-4,9-12,14H2,1H3. The molecule has 2 aliphatic heterocycles. The lowest BCUT2D eigenvalue weighted by molar-refractivity contribution is -0.117. The molecule has 0 spiro atoms. The number of carbonyl (C=O) groups is 1. The van der Waals surface area contributed by atoms with Crippen molar-refractivity contribution in [1.29, 1.82) is 0 Å². The van der Waals surface area contributed by atoms with Gasteiger partial charge in [0, 0.05) is 42.3 Å². The van der Waals surface area contributed by atoms with Crippen LogP contribution in [0.25, 0.3) is 11.0 Å². The van der Waals surface area contributed by atoms with Crippen molar-refractivity contribution >= 4 is 32.6 Å². The van der Waals surface area contributed by atoms with Crippen LogP contribution in [0.3, 0.4) is 0 Å². The molecule has 2 aromatic carbocycles. The number of nitrogens with zero attached hydrogens (tertiary/aromatic N) is 2. The van der Waals surface area contributed by atoms with Crippen LogP contribution in [0, 0.1) is 0 Å². The average Bonchev–Trinajstić information content (AvgIpc) is 3.43. The van der Waals surface area contributed by atoms with Crippen LogP contribution in [0.1, 0.15) is 30.4 Å². The third-order valence-electron chi connectivity index (χ3n) is 6.40. The molecule has 0 unspecified atom stereocenters. The first-order valence-electron chi connectivity index (χ1n) is 10.9. The first-order chi connectivity index (χ1) is 15.5. The van der Waals surface area contributed by atoms with Gasteiger partial charge in [-0.15, -0.1) is 0 Å². The van der Waals surface area contributed by atoms with Gasteiger partial charge < -0.3 is 14.1 Å². The second-order valence-electron chi connectivity index (χ2n) is 8.35. The summed E-state index contributed by atoms with van der Waals surface area (Å²) in [6, 6.07) is 10.7. The van der Waals surface area contributed by atoms with Crippen molar-refractivity contribution in [2.75, 3.05) is 31.6 Å². The zero-order valence-corrected chi connectivity index (χ0v) is 18.9. The molecule has 0 bridgehead atoms. The first kappa shape index (κ1) is 21.0. The van der Waals surface area contributed by atoms with Crippen LogP contribution in [0.2, 0.25) is 0 Å². The summed E-state index contributed by atoms with van der Waals surface area (Å²) in [4.78, 5) is 15.2. The number of fused-ring (bicyclic) bond motifs is 2. The fraction of sp³-hybridized carbons (Fsp3) is 0.375. The summed E-state index contributed by atoms with van der Waals surface area (Å²) in [5.74, 6) is 0.669. The number of anilines is 1. The molecule has 5 rings (SSSR count). The van der Waals surface area contributed by atoms with Crippen LogP contribution in [-0.2, 0) is 27.7 Å². The van der Waals surface area contributed by atoms with E-state index < -0.39 is 10.0 Å². The van der Waals surface area contributed by atoms with Gasteiger partial charge in [-0.1, -0.05) is 6.42 Å². The zero-order chi connectivity index (χ0) is 22.3. The topological polar surface area (TPSA) is 80.1 Å². The summed E-state index contributed by atoms with van der Waals surface area (Å²) in [7, 11) is -1.89. The summed E-state index contributed by atoms with van der Waals surface area (Å²) in [5.41, 5.74) is 3.20. The fourth-order valence-corrected chi connectivity index (χ4v) is 6.21. The number of rotatable bonds is 5. The van der Waals surface area contributed by atoms with Crippen LogP contribution >= 0.6 is 0 Å². The van der Waals surface area contributed by atoms with E-state index in [9.17, 15) is 13.2 Å². The molecule has 8 heteroatoms. The highest BCUT2D eigenvalue weighted by molar-refractivity contribution is 7.89. The average molecular weight is 455 g/mol. The number of furan rings is 1. The molecule has 1 fully saturated rings. The Labute approximate surface area is 187 Å². The van der Waals surface area contributed by atoms with Gasteiger partial charge in [-0.3, -0.25) is 4.79 Å². The number of hydrogen-bond donors (Lipinski definition) is 0. The van der Waals surface area contributed by atoms with Gasteiger partial charge in [0.05, 0.1) is 24.7 Å². The minimum Gasteiger partial charge on any atom is -0.497 e. The van der Waals surface area contributed by atoms with Crippen LogP contribution in [0.4, 0.5) is 5.69 Å². The number of sulfonamides is 1. The summed E-state index contributed by atoms with van der Waals surface area (Å²) < 4.78 is 38.4. The number of hydrogen-bond acceptors (Lipinski definition) is 5. The quantitative estimate of drug-likeness (QED) is 0.587. The molecule has 1 aromatic heterocycles. The number of carbonyl (C=O) groups excluding carboxylic acids is 1. The molecule has 3 heterocycles. The van der Waals surface area contributed by atoms with Crippen LogP contribution < -0.4 is 9.64 Å². The predicted octanol–water partition coefficient (Wildman–Crippen LogP) is 3.75. The Balaban J connectivity index is 1.36. The molecule has 0 radical (unpaired) electrons. The third-order valence-corrected chi connectivity index (χ3v) is 8.30. The molecule has 7 nitrogen and oxygen atoms in total. The lowest BCUT2D eigenvalue weighted by Gasteiger charge is -2.26. The second-order valence-corrected chi connectivity index (χ2v) is 10.3. The Bertz CT molecular complexity index is 1270. The van der Waals surface area contributed by atoms with Gasteiger partial charge in [0.15, 0.2) is 0 Å². The number of piperidine rings is 1. The molecular weight excluding hydrogens is 428 g/mol. The second kappa shape index (κ2) is 8.26. The molecule has 0 N–H and O–H groups in total. The molecule has 0 saturated carbocycles. The number of ether oxygens (including phenoxy) is 1. The van der Waals surface area contributed by atoms with Gasteiger partial charge in [0.2, 0.25) is 15.9 Å². The van der Waals surface area contributed by atoms with Crippen molar-refractivity contribution in [2.24, 2.45) is 0 Å². The van der Waals surface area contributed by atoms with E-state index in [-0.39, 0.29) is 12.3 Å². The van der Waals surface area contributed by atoms with Crippen LogP contribution in [-0.4, -0.2) is 45.4 Å². The summed E-state index contributed by atoms with van der Waals surface area (Å²) in [6.07, 6.45) is 5.37. The molecule has 32 heavy (non-hydrogen) atoms. The van der Waals surface area contributed by atoms with E-state index in [1.165, 1.54) is 0 Å². The molecule has 2 aliphatic rings. The minimum atomic E-state index is -3.49. The van der Waals surface area contributed by atoms with E-state index in [1.54, 1.807) is 46.8 Å². The van der Waals surface area contributed by atoms with Crippen molar-refractivity contribution in [3.05, 3.63) is 53.8 Å². The smallest absolute Gasteiger partial charge is 0.243 e. The van der Waals surface area contributed by atoms with E-state index in [0.29, 0.717) is 42.3 Å². The Kier molecular flexibility index (Phi) is 5.43. The molecular formula is C24H26N2O5S. The lowest BCUT2D eigenvalue weighted by Crippen LogP contribution is -2.35. The molecule has 0 atom stereocenters. The first-order valence-corrected chi connectivity index (χ1v) is 12.4. The van der Waals surface area contributed by atoms with Crippen LogP contribution in [0.15, 0.2) is 52.0 Å². The molecule has 0 aliphatic carbocycles. The molecule has 1 amide bonds. The maximum absolute atomic E-state index is 13.1. The Morgan fingerprint density at radius 2 is 1.88 bits per heavy atom. The van der Waals surface area contributed by atoms with Crippen molar-refractivity contribution in [3.8, 4) is 5.75 Å². The van der Waals surface area contributed by atoms with E-state index in [2.05, 4.69) is 0 Å². The van der Waals surface area contributed by atoms with Crippen molar-refractivity contribution in [1.82, 2.24) is 4.31 Å². The minimum absolute atomic E-state index is 0.0334. The van der Waals surface area contributed by atoms with Gasteiger partial charge in [0.25, 0.3) is 0 Å². The van der Waals surface area contributed by atoms with Gasteiger partial charge in [-0.2, -0.15) is 4.31 Å². The van der Waals surface area contributed by atoms with Crippen molar-refractivity contribution in [3.63, 3.8) is 0 Å². The molecule has 168 valence electrons. The number of methoxy groups -OCH3 is 1. The summed E-state index contributed by atoms with van der Waals surface area (Å²) >= 11 is 0. The molecule has 3 aromatic rings. The zero-order valence-electron chi connectivity index (χ0n) is 18.0. The fourth-order valence-electron chi connectivity index (χ4n) is 4.64. The largest absolute Gasteiger partial charge is 0.497 e. The molecule has 1 saturated heterocycles. The van der Waals surface area contributed by atoms with Gasteiger partial charge >= 0.3 is 0 Å². The highest BCUT2D eigenvalue weighted by Crippen LogP contribution is 2.33.